The molecule has 1 heterocycles. The second-order valence-electron chi connectivity index (χ2n) is 3.23. The van der Waals surface area contributed by atoms with Gasteiger partial charge in [-0.25, -0.2) is 4.39 Å². The van der Waals surface area contributed by atoms with Crippen molar-refractivity contribution in [2.45, 2.75) is 0 Å². The van der Waals surface area contributed by atoms with Crippen LogP contribution in [-0.4, -0.2) is 4.98 Å². The fourth-order valence-corrected chi connectivity index (χ4v) is 1.30. The maximum atomic E-state index is 13.3. The van der Waals surface area contributed by atoms with Gasteiger partial charge in [0.05, 0.1) is 0 Å². The molecule has 0 amide bonds. The molecule has 84 valence electrons. The predicted molar refractivity (Wildman–Crippen MR) is 59.8 cm³/mol. The van der Waals surface area contributed by atoms with Gasteiger partial charge in [0.2, 0.25) is 5.88 Å². The summed E-state index contributed by atoms with van der Waals surface area (Å²) in [5, 5.41) is 8.82. The number of nitrogen functional groups attached to an aromatic ring is 1. The molecule has 0 fully saturated rings. The molecule has 0 atom stereocenters. The normalized spacial score (nSPS) is 9.65. The Morgan fingerprint density at radius 2 is 2.00 bits per heavy atom. The highest BCUT2D eigenvalue weighted by molar-refractivity contribution is 5.45. The number of halogens is 1. The lowest BCUT2D eigenvalue weighted by atomic mass is 10.2. The molecule has 4 nitrogen and oxygen atoms in total. The van der Waals surface area contributed by atoms with E-state index in [2.05, 4.69) is 4.98 Å². The van der Waals surface area contributed by atoms with Gasteiger partial charge >= 0.3 is 0 Å². The topological polar surface area (TPSA) is 71.9 Å². The quantitative estimate of drug-likeness (QED) is 0.858. The van der Waals surface area contributed by atoms with E-state index in [9.17, 15) is 4.39 Å². The lowest BCUT2D eigenvalue weighted by molar-refractivity contribution is 0.457. The van der Waals surface area contributed by atoms with E-state index in [1.807, 2.05) is 0 Å². The summed E-state index contributed by atoms with van der Waals surface area (Å²) in [7, 11) is 0. The van der Waals surface area contributed by atoms with E-state index in [-0.39, 0.29) is 23.0 Å². The number of hydrogen-bond acceptors (Lipinski definition) is 4. The fourth-order valence-electron chi connectivity index (χ4n) is 1.30. The summed E-state index contributed by atoms with van der Waals surface area (Å²) in [6, 6.07) is 10.7. The first-order valence-corrected chi connectivity index (χ1v) is 4.79. The average molecular weight is 229 g/mol. The van der Waals surface area contributed by atoms with Gasteiger partial charge in [-0.1, -0.05) is 12.1 Å². The van der Waals surface area contributed by atoms with Crippen LogP contribution >= 0.6 is 0 Å². The molecule has 1 aromatic heterocycles. The second-order valence-corrected chi connectivity index (χ2v) is 3.23. The Morgan fingerprint density at radius 3 is 2.71 bits per heavy atom. The van der Waals surface area contributed by atoms with Crippen LogP contribution in [-0.2, 0) is 0 Å². The van der Waals surface area contributed by atoms with E-state index in [0.717, 1.165) is 0 Å². The number of ether oxygens (including phenoxy) is 1. The largest absolute Gasteiger partial charge is 0.437 e. The van der Waals surface area contributed by atoms with Crippen molar-refractivity contribution in [2.24, 2.45) is 0 Å². The van der Waals surface area contributed by atoms with Gasteiger partial charge in [-0.15, -0.1) is 0 Å². The lowest BCUT2D eigenvalue weighted by Gasteiger charge is -2.06. The van der Waals surface area contributed by atoms with Gasteiger partial charge in [0.25, 0.3) is 0 Å². The molecule has 0 aliphatic rings. The molecule has 2 N–H and O–H groups in total. The number of nitrogens with zero attached hydrogens (tertiary/aromatic N) is 2. The number of nitriles is 1. The number of rotatable bonds is 2. The van der Waals surface area contributed by atoms with Crippen LogP contribution in [0.15, 0.2) is 36.4 Å². The van der Waals surface area contributed by atoms with E-state index in [4.69, 9.17) is 15.7 Å². The number of aromatic nitrogens is 1. The van der Waals surface area contributed by atoms with Crippen molar-refractivity contribution in [2.75, 3.05) is 5.73 Å². The summed E-state index contributed by atoms with van der Waals surface area (Å²) in [6.07, 6.45) is 0. The van der Waals surface area contributed by atoms with Crippen LogP contribution in [0.25, 0.3) is 0 Å². The molecule has 0 saturated heterocycles. The highest BCUT2D eigenvalue weighted by atomic mass is 19.1. The van der Waals surface area contributed by atoms with Crippen LogP contribution in [0.4, 0.5) is 10.2 Å². The Morgan fingerprint density at radius 1 is 1.24 bits per heavy atom. The van der Waals surface area contributed by atoms with Crippen LogP contribution in [0.5, 0.6) is 11.6 Å². The summed E-state index contributed by atoms with van der Waals surface area (Å²) in [5.74, 6) is -0.0102. The van der Waals surface area contributed by atoms with E-state index < -0.39 is 5.82 Å². The third kappa shape index (κ3) is 2.32. The average Bonchev–Trinajstić information content (AvgIpc) is 2.29. The fraction of sp³-hybridized carbons (Fsp3) is 0. The molecule has 17 heavy (non-hydrogen) atoms. The molecule has 0 aliphatic heterocycles. The first-order valence-electron chi connectivity index (χ1n) is 4.79. The van der Waals surface area contributed by atoms with Crippen LogP contribution in [0.1, 0.15) is 5.56 Å². The second kappa shape index (κ2) is 4.49. The van der Waals surface area contributed by atoms with Crippen LogP contribution in [0, 0.1) is 17.1 Å². The van der Waals surface area contributed by atoms with Gasteiger partial charge in [0.15, 0.2) is 0 Å². The molecule has 2 rings (SSSR count). The Hall–Kier alpha value is -2.61. The summed E-state index contributed by atoms with van der Waals surface area (Å²) < 4.78 is 18.6. The van der Waals surface area contributed by atoms with Gasteiger partial charge in [0.1, 0.15) is 29.0 Å². The highest BCUT2D eigenvalue weighted by Crippen LogP contribution is 2.25. The maximum absolute atomic E-state index is 13.3. The molecule has 0 radical (unpaired) electrons. The van der Waals surface area contributed by atoms with Gasteiger partial charge < -0.3 is 10.5 Å². The Labute approximate surface area is 97.1 Å². The highest BCUT2D eigenvalue weighted by Gasteiger charge is 2.10. The molecule has 0 aliphatic carbocycles. The van der Waals surface area contributed by atoms with Crippen molar-refractivity contribution in [1.82, 2.24) is 4.98 Å². The van der Waals surface area contributed by atoms with Crippen molar-refractivity contribution < 1.29 is 9.13 Å². The first kappa shape index (κ1) is 10.9. The van der Waals surface area contributed by atoms with Gasteiger partial charge in [0, 0.05) is 6.07 Å². The van der Waals surface area contributed by atoms with E-state index in [0.29, 0.717) is 0 Å². The zero-order chi connectivity index (χ0) is 12.3. The standard InChI is InChI=1S/C12H8FN3O/c13-9-3-1-4-10(8(9)7-14)17-12-6-2-5-11(15)16-12/h1-6H,(H2,15,16). The molecular weight excluding hydrogens is 221 g/mol. The monoisotopic (exact) mass is 229 g/mol. The Kier molecular flexibility index (Phi) is 2.88. The minimum absolute atomic E-state index is 0.116. The molecule has 0 unspecified atom stereocenters. The van der Waals surface area contributed by atoms with Crippen molar-refractivity contribution in [1.29, 1.82) is 5.26 Å². The molecule has 0 bridgehead atoms. The third-order valence-electron chi connectivity index (χ3n) is 2.05. The number of benzene rings is 1. The first-order chi connectivity index (χ1) is 8.20. The van der Waals surface area contributed by atoms with Gasteiger partial charge in [-0.2, -0.15) is 10.2 Å². The summed E-state index contributed by atoms with van der Waals surface area (Å²) in [4.78, 5) is 3.90. The summed E-state index contributed by atoms with van der Waals surface area (Å²) in [5.41, 5.74) is 5.33. The molecule has 5 heteroatoms. The van der Waals surface area contributed by atoms with E-state index >= 15 is 0 Å². The number of anilines is 1. The molecule has 1 aromatic carbocycles. The van der Waals surface area contributed by atoms with Crippen LogP contribution in [0.3, 0.4) is 0 Å². The molecule has 2 aromatic rings. The molecule has 0 saturated carbocycles. The minimum atomic E-state index is -0.631. The number of hydrogen-bond donors (Lipinski definition) is 1. The SMILES string of the molecule is N#Cc1c(F)cccc1Oc1cccc(N)n1. The lowest BCUT2D eigenvalue weighted by Crippen LogP contribution is -1.95. The third-order valence-corrected chi connectivity index (χ3v) is 2.05. The number of pyridine rings is 1. The summed E-state index contributed by atoms with van der Waals surface area (Å²) >= 11 is 0. The minimum Gasteiger partial charge on any atom is -0.437 e. The van der Waals surface area contributed by atoms with Gasteiger partial charge in [-0.05, 0) is 18.2 Å². The van der Waals surface area contributed by atoms with E-state index in [1.54, 1.807) is 24.3 Å². The van der Waals surface area contributed by atoms with Crippen molar-refractivity contribution in [3.8, 4) is 17.7 Å². The van der Waals surface area contributed by atoms with Crippen molar-refractivity contribution in [3.05, 3.63) is 47.8 Å². The van der Waals surface area contributed by atoms with Crippen LogP contribution in [0.2, 0.25) is 0 Å². The molecular formula is C12H8FN3O. The van der Waals surface area contributed by atoms with Crippen LogP contribution < -0.4 is 10.5 Å². The van der Waals surface area contributed by atoms with Gasteiger partial charge in [-0.3, -0.25) is 0 Å². The van der Waals surface area contributed by atoms with Crippen molar-refractivity contribution in [3.63, 3.8) is 0 Å². The predicted octanol–water partition coefficient (Wildman–Crippen LogP) is 2.47. The zero-order valence-corrected chi connectivity index (χ0v) is 8.72. The number of nitrogens with two attached hydrogens (primary N) is 1. The van der Waals surface area contributed by atoms with Crippen molar-refractivity contribution >= 4 is 5.82 Å². The smallest absolute Gasteiger partial charge is 0.221 e. The Bertz CT molecular complexity index is 593. The zero-order valence-electron chi connectivity index (χ0n) is 8.72. The Balaban J connectivity index is 2.37. The molecule has 0 spiro atoms. The maximum Gasteiger partial charge on any atom is 0.221 e. The summed E-state index contributed by atoms with van der Waals surface area (Å²) in [6.45, 7) is 0. The van der Waals surface area contributed by atoms with E-state index in [1.165, 1.54) is 18.2 Å².